The van der Waals surface area contributed by atoms with Crippen molar-refractivity contribution in [2.24, 2.45) is 0 Å². The number of anilines is 4. The molecule has 0 fully saturated rings. The number of ether oxygens (including phenoxy) is 1. The molecule has 0 saturated heterocycles. The number of fused-ring (bicyclic) bond motifs is 2. The number of nitrogen functional groups attached to an aromatic ring is 1. The fourth-order valence-corrected chi connectivity index (χ4v) is 9.36. The highest BCUT2D eigenvalue weighted by molar-refractivity contribution is 8.23. The van der Waals surface area contributed by atoms with Crippen LogP contribution in [0.4, 0.5) is 38.9 Å². The molecule has 0 unspecified atom stereocenters. The number of thioether (sulfide) groups is 2. The standard InChI is InChI=1S/C14H16N4O2S.C8H6N2O3S.C6H5ClN2O2.CH4.B24/c1-20-14(19)17-10-2-3-13-12(6-10)18(4-5-21-13)8-11-7-15-9-16-11;11-8-4-14-7-2-1-5(10(12)13)3-6(7)9-8;7-5-2-1-4(9(10)11)3-6(5)8;;1-14(2)20(13)23(19(11)12)24(21(15(3)4)16(5)6)22(17(7)8)18(9)10/h2-3,6-7,9H,4-5,8H2,1H3,(H,15,16)(H,17,19);1-3H,4H2,(H,9,11);1-3H,8H2;1H4;. The van der Waals surface area contributed by atoms with Crippen molar-refractivity contribution in [3.05, 3.63) is 98.1 Å². The number of nitrogens with one attached hydrogen (secondary N) is 3. The number of aromatic nitrogens is 2. The van der Waals surface area contributed by atoms with Crippen molar-refractivity contribution in [1.29, 1.82) is 0 Å². The van der Waals surface area contributed by atoms with Crippen LogP contribution in [0.25, 0.3) is 0 Å². The first kappa shape index (κ1) is 63.7. The van der Waals surface area contributed by atoms with Gasteiger partial charge < -0.3 is 25.7 Å². The first-order chi connectivity index (χ1) is 32.9. The topological polar surface area (TPSA) is 212 Å². The second kappa shape index (κ2) is 30.7. The Bertz CT molecular complexity index is 2330. The number of carbonyl (C=O) groups is 2. The Labute approximate surface area is 451 Å². The van der Waals surface area contributed by atoms with Crippen molar-refractivity contribution in [3.8, 4) is 0 Å². The van der Waals surface area contributed by atoms with E-state index < -0.39 is 86.2 Å². The number of hydrogen-bond donors (Lipinski definition) is 4. The predicted octanol–water partition coefficient (Wildman–Crippen LogP) is -2.33. The van der Waals surface area contributed by atoms with Gasteiger partial charge in [0.05, 0.1) is 63.4 Å². The van der Waals surface area contributed by atoms with Gasteiger partial charge >= 0.3 is 6.09 Å². The molecule has 71 heavy (non-hydrogen) atoms. The summed E-state index contributed by atoms with van der Waals surface area (Å²) in [5, 5.41) is 26.2. The van der Waals surface area contributed by atoms with Crippen LogP contribution in [0.2, 0.25) is 5.02 Å². The lowest BCUT2D eigenvalue weighted by Crippen LogP contribution is -2.84. The van der Waals surface area contributed by atoms with Crippen LogP contribution in [0.3, 0.4) is 0 Å². The van der Waals surface area contributed by atoms with Gasteiger partial charge in [0.1, 0.15) is 0 Å². The van der Waals surface area contributed by atoms with E-state index in [0.717, 1.165) is 40.8 Å². The fraction of sp³-hybridized carbons (Fsp3) is 0.207. The number of non-ortho nitro benzene ring substituents is 2. The summed E-state index contributed by atoms with van der Waals surface area (Å²) in [4.78, 5) is 53.5. The maximum absolute atomic E-state index is 11.3. The summed E-state index contributed by atoms with van der Waals surface area (Å²) in [6.07, 6.45) is -6.50. The molecule has 0 bridgehead atoms. The average molecular weight is 963 g/mol. The van der Waals surface area contributed by atoms with E-state index in [0.29, 0.717) is 16.5 Å². The third-order valence-electron chi connectivity index (χ3n) is 10.7. The second-order valence-corrected chi connectivity index (χ2v) is 18.3. The summed E-state index contributed by atoms with van der Waals surface area (Å²) in [5.74, 6) is 1.29. The number of carbonyl (C=O) groups excluding carboxylic acids is 2. The van der Waals surface area contributed by atoms with Gasteiger partial charge in [-0.05, 0) is 30.3 Å². The van der Waals surface area contributed by atoms with E-state index in [1.165, 1.54) is 54.1 Å². The minimum absolute atomic E-state index is 0. The molecular formula is C29H31B24ClN8O7S2. The molecule has 26 radical (unpaired) electrons. The molecule has 42 heteroatoms. The Morgan fingerprint density at radius 2 is 1.35 bits per heavy atom. The molecule has 0 atom stereocenters. The summed E-state index contributed by atoms with van der Waals surface area (Å²) < 4.78 is 4.63. The van der Waals surface area contributed by atoms with Gasteiger partial charge in [-0.3, -0.25) is 30.3 Å². The van der Waals surface area contributed by atoms with Gasteiger partial charge in [-0.2, -0.15) is 0 Å². The zero-order valence-corrected chi connectivity index (χ0v) is 40.3. The van der Waals surface area contributed by atoms with Gasteiger partial charge in [-0.25, -0.2) is 9.78 Å². The molecule has 4 aromatic rings. The molecule has 0 spiro atoms. The molecule has 0 aliphatic carbocycles. The Morgan fingerprint density at radius 3 is 1.85 bits per heavy atom. The molecule has 2 amide bonds. The van der Waals surface area contributed by atoms with E-state index in [9.17, 15) is 29.8 Å². The monoisotopic (exact) mass is 966 g/mol. The van der Waals surface area contributed by atoms with Crippen LogP contribution in [-0.2, 0) is 16.1 Å². The molecule has 1 aromatic heterocycles. The summed E-state index contributed by atoms with van der Waals surface area (Å²) in [5.41, 5.74) is 8.94. The maximum atomic E-state index is 11.3. The number of H-pyrrole nitrogens is 1. The lowest BCUT2D eigenvalue weighted by molar-refractivity contribution is -0.385. The number of nitrogens with two attached hydrogens (primary N) is 1. The molecule has 3 heterocycles. The number of halogens is 1. The number of methoxy groups -OCH3 is 1. The number of rotatable bonds is 15. The number of aromatic amines is 1. The van der Waals surface area contributed by atoms with E-state index in [4.69, 9.17) is 118 Å². The van der Waals surface area contributed by atoms with Crippen LogP contribution < -0.4 is 21.3 Å². The Balaban J connectivity index is 0.000000335. The summed E-state index contributed by atoms with van der Waals surface area (Å²) >= 11 is 8.75. The Hall–Kier alpha value is -3.44. The zero-order chi connectivity index (χ0) is 52.6. The molecule has 5 N–H and O–H groups in total. The molecule has 320 valence electrons. The summed E-state index contributed by atoms with van der Waals surface area (Å²) in [6.45, 7) is 1.73. The van der Waals surface area contributed by atoms with Gasteiger partial charge in [-0.15, -0.1) is 23.5 Å². The molecule has 0 saturated carbocycles. The van der Waals surface area contributed by atoms with Crippen LogP contribution >= 0.6 is 35.1 Å². The van der Waals surface area contributed by atoms with Gasteiger partial charge in [0.25, 0.3) is 11.4 Å². The first-order valence-electron chi connectivity index (χ1n) is 20.9. The van der Waals surface area contributed by atoms with Crippen molar-refractivity contribution in [2.45, 2.75) is 23.8 Å². The Kier molecular flexibility index (Phi) is 27.5. The van der Waals surface area contributed by atoms with Crippen molar-refractivity contribution in [2.75, 3.05) is 46.4 Å². The number of benzene rings is 3. The van der Waals surface area contributed by atoms with E-state index in [2.05, 4.69) is 30.2 Å². The summed E-state index contributed by atoms with van der Waals surface area (Å²) in [7, 11) is 77.6. The van der Waals surface area contributed by atoms with Crippen LogP contribution in [0, 0.1) is 20.2 Å². The van der Waals surface area contributed by atoms with Gasteiger partial charge in [0, 0.05) is 229 Å². The summed E-state index contributed by atoms with van der Waals surface area (Å²) in [6, 6.07) is 14.3. The third kappa shape index (κ3) is 19.4. The zero-order valence-electron chi connectivity index (χ0n) is 38.0. The first-order valence-corrected chi connectivity index (χ1v) is 23.3. The van der Waals surface area contributed by atoms with Gasteiger partial charge in [0.15, 0.2) is 0 Å². The molecule has 2 aliphatic heterocycles. The number of nitro groups is 2. The highest BCUT2D eigenvalue weighted by atomic mass is 35.5. The smallest absolute Gasteiger partial charge is 0.411 e. The van der Waals surface area contributed by atoms with E-state index in [1.807, 2.05) is 36.2 Å². The minimum Gasteiger partial charge on any atom is -0.453 e. The Morgan fingerprint density at radius 1 is 0.803 bits per heavy atom. The normalized spacial score (nSPS) is 11.5. The highest BCUT2D eigenvalue weighted by Gasteiger charge is 2.48. The molecule has 3 aromatic carbocycles. The van der Waals surface area contributed by atoms with Crippen LogP contribution in [-0.4, -0.2) is 228 Å². The van der Waals surface area contributed by atoms with Crippen molar-refractivity contribution in [1.82, 2.24) is 9.97 Å². The largest absolute Gasteiger partial charge is 0.453 e. The average Bonchev–Trinajstić information content (AvgIpc) is 3.80. The van der Waals surface area contributed by atoms with Crippen molar-refractivity contribution in [3.63, 3.8) is 0 Å². The lowest BCUT2D eigenvalue weighted by Gasteiger charge is -2.46. The predicted molar refractivity (Wildman–Crippen MR) is 323 cm³/mol. The van der Waals surface area contributed by atoms with Gasteiger partial charge in [0.2, 0.25) is 5.91 Å². The van der Waals surface area contributed by atoms with Crippen LogP contribution in [0.15, 0.2) is 76.9 Å². The van der Waals surface area contributed by atoms with E-state index in [-0.39, 0.29) is 30.4 Å². The molecule has 2 aliphatic rings. The SMILES string of the molecule is C.COC(=O)Nc1ccc2c(c1)N(Cc1cnc[nH]1)CCS2.Nc1cc([N+](=O)[O-])ccc1Cl.O=C1CSc2ccc([N+](=O)[O-])cc2N1.[B]B([B])B([B])B(B([B])[B])B(B(B([B])[B])B([B])[B])B(B([B])[B])B([B])[B]. The second-order valence-electron chi connectivity index (χ2n) is 15.7. The fourth-order valence-electron chi connectivity index (χ4n) is 7.43. The third-order valence-corrected chi connectivity index (χ3v) is 13.2. The van der Waals surface area contributed by atoms with Crippen molar-refractivity contribution >= 4 is 252 Å². The lowest BCUT2D eigenvalue weighted by atomic mass is 8.35. The maximum Gasteiger partial charge on any atom is 0.411 e. The van der Waals surface area contributed by atoms with Crippen LogP contribution in [0.1, 0.15) is 13.1 Å². The van der Waals surface area contributed by atoms with E-state index >= 15 is 0 Å². The number of amides is 2. The van der Waals surface area contributed by atoms with Crippen molar-refractivity contribution < 1.29 is 24.2 Å². The minimum atomic E-state index is -0.973. The number of nitrogens with zero attached hydrogens (tertiary/aromatic N) is 4. The quantitative estimate of drug-likeness (QED) is 0.0428. The number of imidazole rings is 1. The van der Waals surface area contributed by atoms with E-state index in [1.54, 1.807) is 12.4 Å². The number of nitro benzene ring substituents is 2. The van der Waals surface area contributed by atoms with Crippen LogP contribution in [0.5, 0.6) is 0 Å². The van der Waals surface area contributed by atoms with Gasteiger partial charge in [-0.1, -0.05) is 19.0 Å². The highest BCUT2D eigenvalue weighted by Crippen LogP contribution is 2.37. The number of hydrogen-bond acceptors (Lipinski definition) is 12. The molecule has 6 rings (SSSR count). The molecular weight excluding hydrogens is 931 g/mol. The molecule has 15 nitrogen and oxygen atoms in total.